The van der Waals surface area contributed by atoms with Gasteiger partial charge in [-0.2, -0.15) is 4.31 Å². The molecule has 0 radical (unpaired) electrons. The lowest BCUT2D eigenvalue weighted by Gasteiger charge is -2.17. The number of carbonyl (C=O) groups is 2. The minimum Gasteiger partial charge on any atom is -0.483 e. The number of hydrogen-bond acceptors (Lipinski definition) is 5. The van der Waals surface area contributed by atoms with Gasteiger partial charge in [-0.3, -0.25) is 9.59 Å². The number of sulfonamides is 1. The maximum atomic E-state index is 12.7. The Morgan fingerprint density at radius 3 is 2.33 bits per heavy atom. The molecule has 0 aromatic heterocycles. The summed E-state index contributed by atoms with van der Waals surface area (Å²) >= 11 is 0. The zero-order chi connectivity index (χ0) is 21.9. The number of aryl methyl sites for hydroxylation is 2. The van der Waals surface area contributed by atoms with Crippen LogP contribution in [0.1, 0.15) is 34.3 Å². The average Bonchev–Trinajstić information content (AvgIpc) is 3.25. The Bertz CT molecular complexity index is 1060. The summed E-state index contributed by atoms with van der Waals surface area (Å²) in [6, 6.07) is 9.58. The molecule has 1 fully saturated rings. The fourth-order valence-corrected chi connectivity index (χ4v) is 4.94. The maximum absolute atomic E-state index is 12.7. The quantitative estimate of drug-likeness (QED) is 0.697. The van der Waals surface area contributed by atoms with E-state index < -0.39 is 21.8 Å². The summed E-state index contributed by atoms with van der Waals surface area (Å²) in [4.78, 5) is 24.2. The molecule has 1 saturated heterocycles. The van der Waals surface area contributed by atoms with Gasteiger partial charge in [0.15, 0.2) is 6.61 Å². The van der Waals surface area contributed by atoms with Crippen molar-refractivity contribution in [2.75, 3.05) is 25.0 Å². The van der Waals surface area contributed by atoms with Crippen LogP contribution < -0.4 is 15.8 Å². The Morgan fingerprint density at radius 2 is 1.73 bits per heavy atom. The van der Waals surface area contributed by atoms with Crippen molar-refractivity contribution in [3.8, 4) is 5.75 Å². The van der Waals surface area contributed by atoms with Crippen molar-refractivity contribution in [1.82, 2.24) is 4.31 Å². The van der Waals surface area contributed by atoms with Crippen molar-refractivity contribution in [2.24, 2.45) is 5.73 Å². The van der Waals surface area contributed by atoms with Gasteiger partial charge in [-0.15, -0.1) is 0 Å². The largest absolute Gasteiger partial charge is 0.483 e. The first-order valence-electron chi connectivity index (χ1n) is 9.63. The Morgan fingerprint density at radius 1 is 1.10 bits per heavy atom. The predicted octanol–water partition coefficient (Wildman–Crippen LogP) is 2.20. The summed E-state index contributed by atoms with van der Waals surface area (Å²) in [5.74, 6) is -1.19. The first kappa shape index (κ1) is 21.8. The first-order valence-corrected chi connectivity index (χ1v) is 11.1. The Kier molecular flexibility index (Phi) is 6.42. The average molecular weight is 432 g/mol. The third kappa shape index (κ3) is 4.63. The molecule has 160 valence electrons. The zero-order valence-corrected chi connectivity index (χ0v) is 17.8. The Labute approximate surface area is 176 Å². The van der Waals surface area contributed by atoms with Crippen molar-refractivity contribution in [3.05, 3.63) is 53.1 Å². The summed E-state index contributed by atoms with van der Waals surface area (Å²) in [6.07, 6.45) is 1.61. The summed E-state index contributed by atoms with van der Waals surface area (Å²) in [7, 11) is -3.70. The van der Waals surface area contributed by atoms with E-state index >= 15 is 0 Å². The Hall–Kier alpha value is -2.91. The van der Waals surface area contributed by atoms with Gasteiger partial charge in [-0.05, 0) is 56.0 Å². The van der Waals surface area contributed by atoms with Crippen molar-refractivity contribution in [2.45, 2.75) is 31.6 Å². The number of para-hydroxylation sites is 1. The molecule has 8 nitrogen and oxygen atoms in total. The number of nitrogens with zero attached hydrogens (tertiary/aromatic N) is 1. The van der Waals surface area contributed by atoms with E-state index in [2.05, 4.69) is 5.32 Å². The topological polar surface area (TPSA) is 119 Å². The second kappa shape index (κ2) is 8.85. The molecule has 0 aliphatic carbocycles. The molecule has 2 amide bonds. The van der Waals surface area contributed by atoms with Gasteiger partial charge >= 0.3 is 0 Å². The van der Waals surface area contributed by atoms with Gasteiger partial charge < -0.3 is 15.8 Å². The summed E-state index contributed by atoms with van der Waals surface area (Å²) < 4.78 is 32.3. The number of benzene rings is 2. The number of rotatable bonds is 7. The number of anilines is 1. The normalized spacial score (nSPS) is 14.5. The molecule has 0 bridgehead atoms. The molecular formula is C21H25N3O5S. The highest BCUT2D eigenvalue weighted by molar-refractivity contribution is 7.89. The highest BCUT2D eigenvalue weighted by Crippen LogP contribution is 2.27. The van der Waals surface area contributed by atoms with E-state index in [-0.39, 0.29) is 22.8 Å². The van der Waals surface area contributed by atoms with Crippen LogP contribution in [0.25, 0.3) is 0 Å². The molecule has 2 aromatic rings. The van der Waals surface area contributed by atoms with Gasteiger partial charge in [-0.1, -0.05) is 18.2 Å². The van der Waals surface area contributed by atoms with E-state index in [1.54, 1.807) is 0 Å². The van der Waals surface area contributed by atoms with Crippen molar-refractivity contribution >= 4 is 27.5 Å². The smallest absolute Gasteiger partial charge is 0.262 e. The van der Waals surface area contributed by atoms with Gasteiger partial charge in [0.2, 0.25) is 10.0 Å². The molecule has 30 heavy (non-hydrogen) atoms. The summed E-state index contributed by atoms with van der Waals surface area (Å²) in [6.45, 7) is 4.31. The number of carbonyl (C=O) groups excluding carboxylic acids is 2. The van der Waals surface area contributed by atoms with Crippen LogP contribution in [0.3, 0.4) is 0 Å². The van der Waals surface area contributed by atoms with Crippen LogP contribution in [0.5, 0.6) is 5.75 Å². The molecule has 9 heteroatoms. The maximum Gasteiger partial charge on any atom is 0.262 e. The van der Waals surface area contributed by atoms with Gasteiger partial charge in [0.1, 0.15) is 5.75 Å². The molecule has 2 aromatic carbocycles. The molecule has 1 aliphatic rings. The number of amides is 2. The number of nitrogens with two attached hydrogens (primary N) is 1. The van der Waals surface area contributed by atoms with Gasteiger partial charge in [0.25, 0.3) is 11.8 Å². The van der Waals surface area contributed by atoms with E-state index in [0.29, 0.717) is 18.8 Å². The fraction of sp³-hybridized carbons (Fsp3) is 0.333. The second-order valence-electron chi connectivity index (χ2n) is 7.24. The molecule has 0 saturated carbocycles. The number of ether oxygens (including phenoxy) is 1. The molecule has 1 heterocycles. The SMILES string of the molecule is Cc1cccc(C)c1NC(=O)COc1ccc(S(=O)(=O)N2CCCC2)cc1C(N)=O. The van der Waals surface area contributed by atoms with Gasteiger partial charge in [0.05, 0.1) is 10.5 Å². The first-order chi connectivity index (χ1) is 14.2. The molecule has 1 aliphatic heterocycles. The summed E-state index contributed by atoms with van der Waals surface area (Å²) in [5.41, 5.74) is 7.87. The minimum absolute atomic E-state index is 0.0227. The third-order valence-corrected chi connectivity index (χ3v) is 6.92. The zero-order valence-electron chi connectivity index (χ0n) is 17.0. The monoisotopic (exact) mass is 431 g/mol. The van der Waals surface area contributed by atoms with Crippen molar-refractivity contribution < 1.29 is 22.7 Å². The van der Waals surface area contributed by atoms with Crippen LogP contribution in [-0.4, -0.2) is 44.2 Å². The number of nitrogens with one attached hydrogen (secondary N) is 1. The van der Waals surface area contributed by atoms with Crippen LogP contribution in [0, 0.1) is 13.8 Å². The van der Waals surface area contributed by atoms with Crippen LogP contribution in [0.2, 0.25) is 0 Å². The third-order valence-electron chi connectivity index (χ3n) is 5.02. The van der Waals surface area contributed by atoms with E-state index in [0.717, 1.165) is 24.0 Å². The molecule has 0 unspecified atom stereocenters. The standard InChI is InChI=1S/C21H25N3O5S/c1-14-6-5-7-15(2)20(14)23-19(25)13-29-18-9-8-16(12-17(18)21(22)26)30(27,28)24-10-3-4-11-24/h5-9,12H,3-4,10-11,13H2,1-2H3,(H2,22,26)(H,23,25). The van der Waals surface area contributed by atoms with Gasteiger partial charge in [0, 0.05) is 18.8 Å². The van der Waals surface area contributed by atoms with Crippen LogP contribution in [0.15, 0.2) is 41.3 Å². The lowest BCUT2D eigenvalue weighted by Crippen LogP contribution is -2.28. The van der Waals surface area contributed by atoms with E-state index in [1.807, 2.05) is 32.0 Å². The molecule has 3 N–H and O–H groups in total. The van der Waals surface area contributed by atoms with Crippen molar-refractivity contribution in [1.29, 1.82) is 0 Å². The minimum atomic E-state index is -3.70. The van der Waals surface area contributed by atoms with Crippen LogP contribution >= 0.6 is 0 Å². The highest BCUT2D eigenvalue weighted by Gasteiger charge is 2.28. The van der Waals surface area contributed by atoms with E-state index in [4.69, 9.17) is 10.5 Å². The van der Waals surface area contributed by atoms with E-state index in [9.17, 15) is 18.0 Å². The lowest BCUT2D eigenvalue weighted by molar-refractivity contribution is -0.118. The molecule has 3 rings (SSSR count). The fourth-order valence-electron chi connectivity index (χ4n) is 3.40. The number of primary amides is 1. The summed E-state index contributed by atoms with van der Waals surface area (Å²) in [5, 5.41) is 2.79. The highest BCUT2D eigenvalue weighted by atomic mass is 32.2. The predicted molar refractivity (Wildman–Crippen MR) is 113 cm³/mol. The second-order valence-corrected chi connectivity index (χ2v) is 9.18. The number of hydrogen-bond donors (Lipinski definition) is 2. The molecular weight excluding hydrogens is 406 g/mol. The Balaban J connectivity index is 1.76. The van der Waals surface area contributed by atoms with Gasteiger partial charge in [-0.25, -0.2) is 8.42 Å². The van der Waals surface area contributed by atoms with Crippen LogP contribution in [-0.2, 0) is 14.8 Å². The van der Waals surface area contributed by atoms with E-state index in [1.165, 1.54) is 22.5 Å². The van der Waals surface area contributed by atoms with Crippen LogP contribution in [0.4, 0.5) is 5.69 Å². The van der Waals surface area contributed by atoms with Crippen molar-refractivity contribution in [3.63, 3.8) is 0 Å². The lowest BCUT2D eigenvalue weighted by atomic mass is 10.1. The molecule has 0 spiro atoms. The molecule has 0 atom stereocenters.